The Kier molecular flexibility index (Phi) is 3.56. The first-order valence-electron chi connectivity index (χ1n) is 4.98. The second-order valence-corrected chi connectivity index (χ2v) is 4.40. The van der Waals surface area contributed by atoms with E-state index in [0.29, 0.717) is 5.16 Å². The van der Waals surface area contributed by atoms with E-state index >= 15 is 0 Å². The number of nitrogens with zero attached hydrogens (tertiary/aromatic N) is 4. The maximum Gasteiger partial charge on any atom is 0.305 e. The molecule has 0 saturated carbocycles. The van der Waals surface area contributed by atoms with Crippen molar-refractivity contribution in [1.29, 1.82) is 0 Å². The number of nitro benzene ring substituents is 1. The third-order valence-corrected chi connectivity index (χ3v) is 3.36. The number of aryl methyl sites for hydroxylation is 1. The Balaban J connectivity index is 2.17. The van der Waals surface area contributed by atoms with Crippen LogP contribution in [-0.4, -0.2) is 19.7 Å². The molecular formula is C10H9FN4O2S. The van der Waals surface area contributed by atoms with Crippen molar-refractivity contribution in [3.63, 3.8) is 0 Å². The molecule has 8 heteroatoms. The number of nitro groups is 1. The number of hydrogen-bond acceptors (Lipinski definition) is 5. The van der Waals surface area contributed by atoms with E-state index in [1.807, 2.05) is 0 Å². The topological polar surface area (TPSA) is 73.8 Å². The van der Waals surface area contributed by atoms with Gasteiger partial charge in [-0.15, -0.1) is 0 Å². The lowest BCUT2D eigenvalue weighted by Crippen LogP contribution is -1.97. The lowest BCUT2D eigenvalue weighted by Gasteiger charge is -2.03. The largest absolute Gasteiger partial charge is 0.305 e. The van der Waals surface area contributed by atoms with E-state index in [9.17, 15) is 14.5 Å². The highest BCUT2D eigenvalue weighted by molar-refractivity contribution is 7.98. The predicted octanol–water partition coefficient (Wildman–Crippen LogP) is 2.15. The Morgan fingerprint density at radius 3 is 2.94 bits per heavy atom. The van der Waals surface area contributed by atoms with E-state index in [-0.39, 0.29) is 11.3 Å². The maximum absolute atomic E-state index is 13.8. The molecule has 2 aromatic rings. The molecule has 0 fully saturated rings. The van der Waals surface area contributed by atoms with Gasteiger partial charge in [-0.05, 0) is 0 Å². The van der Waals surface area contributed by atoms with Crippen molar-refractivity contribution in [2.24, 2.45) is 7.05 Å². The molecule has 0 N–H and O–H groups in total. The van der Waals surface area contributed by atoms with Gasteiger partial charge < -0.3 is 0 Å². The Morgan fingerprint density at radius 2 is 2.33 bits per heavy atom. The summed E-state index contributed by atoms with van der Waals surface area (Å²) in [5, 5.41) is 15.1. The zero-order valence-corrected chi connectivity index (χ0v) is 10.2. The lowest BCUT2D eigenvalue weighted by molar-refractivity contribution is -0.387. The van der Waals surface area contributed by atoms with Gasteiger partial charge in [0.2, 0.25) is 5.82 Å². The van der Waals surface area contributed by atoms with E-state index in [1.54, 1.807) is 11.7 Å². The smallest absolute Gasteiger partial charge is 0.258 e. The van der Waals surface area contributed by atoms with Crippen molar-refractivity contribution in [2.75, 3.05) is 0 Å². The fraction of sp³-hybridized carbons (Fsp3) is 0.200. The first kappa shape index (κ1) is 12.5. The van der Waals surface area contributed by atoms with Crippen molar-refractivity contribution < 1.29 is 9.31 Å². The van der Waals surface area contributed by atoms with Crippen LogP contribution in [0.15, 0.2) is 29.7 Å². The Bertz CT molecular complexity index is 587. The highest BCUT2D eigenvalue weighted by Gasteiger charge is 2.17. The van der Waals surface area contributed by atoms with Crippen LogP contribution in [0.3, 0.4) is 0 Å². The van der Waals surface area contributed by atoms with Crippen LogP contribution < -0.4 is 0 Å². The van der Waals surface area contributed by atoms with Gasteiger partial charge in [0.25, 0.3) is 0 Å². The van der Waals surface area contributed by atoms with Crippen LogP contribution >= 0.6 is 11.8 Å². The van der Waals surface area contributed by atoms with Crippen molar-refractivity contribution in [2.45, 2.75) is 10.9 Å². The van der Waals surface area contributed by atoms with E-state index in [2.05, 4.69) is 10.1 Å². The van der Waals surface area contributed by atoms with Crippen molar-refractivity contribution in [1.82, 2.24) is 14.8 Å². The third kappa shape index (κ3) is 2.48. The van der Waals surface area contributed by atoms with E-state index < -0.39 is 16.4 Å². The number of aromatic nitrogens is 3. The van der Waals surface area contributed by atoms with Gasteiger partial charge in [-0.25, -0.2) is 9.67 Å². The molecule has 0 aliphatic heterocycles. The van der Waals surface area contributed by atoms with Gasteiger partial charge in [0.05, 0.1) is 4.92 Å². The van der Waals surface area contributed by atoms with E-state index in [0.717, 1.165) is 6.07 Å². The monoisotopic (exact) mass is 268 g/mol. The van der Waals surface area contributed by atoms with Gasteiger partial charge in [-0.1, -0.05) is 23.9 Å². The Labute approximate surface area is 106 Å². The molecule has 1 aromatic carbocycles. The second kappa shape index (κ2) is 5.13. The van der Waals surface area contributed by atoms with Crippen molar-refractivity contribution in [3.05, 3.63) is 46.0 Å². The average Bonchev–Trinajstić information content (AvgIpc) is 2.73. The fourth-order valence-electron chi connectivity index (χ4n) is 1.38. The van der Waals surface area contributed by atoms with Gasteiger partial charge in [0.1, 0.15) is 6.33 Å². The zero-order chi connectivity index (χ0) is 13.1. The van der Waals surface area contributed by atoms with Crippen LogP contribution in [-0.2, 0) is 12.8 Å². The number of rotatable bonds is 4. The summed E-state index contributed by atoms with van der Waals surface area (Å²) in [4.78, 5) is 13.8. The number of benzene rings is 1. The number of thioether (sulfide) groups is 1. The summed E-state index contributed by atoms with van der Waals surface area (Å²) < 4.78 is 15.3. The molecular weight excluding hydrogens is 259 g/mol. The van der Waals surface area contributed by atoms with Crippen LogP contribution in [0, 0.1) is 15.9 Å². The quantitative estimate of drug-likeness (QED) is 0.482. The molecule has 94 valence electrons. The van der Waals surface area contributed by atoms with Crippen molar-refractivity contribution >= 4 is 17.4 Å². The molecule has 1 heterocycles. The third-order valence-electron chi connectivity index (χ3n) is 2.28. The summed E-state index contributed by atoms with van der Waals surface area (Å²) in [7, 11) is 1.72. The molecule has 0 aliphatic carbocycles. The minimum Gasteiger partial charge on any atom is -0.258 e. The first-order chi connectivity index (χ1) is 8.59. The fourth-order valence-corrected chi connectivity index (χ4v) is 2.24. The van der Waals surface area contributed by atoms with Gasteiger partial charge in [0, 0.05) is 24.4 Å². The summed E-state index contributed by atoms with van der Waals surface area (Å²) in [6.07, 6.45) is 1.39. The minimum atomic E-state index is -0.794. The van der Waals surface area contributed by atoms with Crippen LogP contribution in [0.1, 0.15) is 5.56 Å². The molecule has 0 atom stereocenters. The minimum absolute atomic E-state index is 0.264. The second-order valence-electron chi connectivity index (χ2n) is 3.46. The normalized spacial score (nSPS) is 10.6. The molecule has 18 heavy (non-hydrogen) atoms. The molecule has 6 nitrogen and oxygen atoms in total. The average molecular weight is 268 g/mol. The molecule has 0 saturated heterocycles. The van der Waals surface area contributed by atoms with Crippen LogP contribution in [0.5, 0.6) is 0 Å². The SMILES string of the molecule is Cn1ncnc1SCc1cccc([N+](=O)[O-])c1F. The summed E-state index contributed by atoms with van der Waals surface area (Å²) in [6.45, 7) is 0. The lowest BCUT2D eigenvalue weighted by atomic mass is 10.2. The Hall–Kier alpha value is -1.96. The molecule has 1 aromatic heterocycles. The van der Waals surface area contributed by atoms with Gasteiger partial charge in [-0.3, -0.25) is 10.1 Å². The van der Waals surface area contributed by atoms with Crippen LogP contribution in [0.4, 0.5) is 10.1 Å². The zero-order valence-electron chi connectivity index (χ0n) is 9.41. The summed E-state index contributed by atoms with van der Waals surface area (Å²) >= 11 is 1.27. The highest BCUT2D eigenvalue weighted by atomic mass is 32.2. The molecule has 0 unspecified atom stereocenters. The molecule has 0 spiro atoms. The molecule has 0 radical (unpaired) electrons. The molecule has 0 bridgehead atoms. The van der Waals surface area contributed by atoms with E-state index in [1.165, 1.54) is 30.2 Å². The van der Waals surface area contributed by atoms with Crippen LogP contribution in [0.2, 0.25) is 0 Å². The molecule has 0 amide bonds. The Morgan fingerprint density at radius 1 is 1.56 bits per heavy atom. The number of hydrogen-bond donors (Lipinski definition) is 0. The van der Waals surface area contributed by atoms with Gasteiger partial charge in [0.15, 0.2) is 5.16 Å². The standard InChI is InChI=1S/C10H9FN4O2S/c1-14-10(12-6-13-14)18-5-7-3-2-4-8(9(7)11)15(16)17/h2-4,6H,5H2,1H3. The van der Waals surface area contributed by atoms with Gasteiger partial charge >= 0.3 is 5.69 Å². The predicted molar refractivity (Wildman–Crippen MR) is 63.6 cm³/mol. The van der Waals surface area contributed by atoms with Crippen molar-refractivity contribution in [3.8, 4) is 0 Å². The molecule has 2 rings (SSSR count). The van der Waals surface area contributed by atoms with Gasteiger partial charge in [-0.2, -0.15) is 9.49 Å². The first-order valence-corrected chi connectivity index (χ1v) is 5.96. The summed E-state index contributed by atoms with van der Waals surface area (Å²) in [6, 6.07) is 4.13. The van der Waals surface area contributed by atoms with Crippen LogP contribution in [0.25, 0.3) is 0 Å². The number of halogens is 1. The van der Waals surface area contributed by atoms with E-state index in [4.69, 9.17) is 0 Å². The molecule has 0 aliphatic rings. The highest BCUT2D eigenvalue weighted by Crippen LogP contribution is 2.26. The maximum atomic E-state index is 13.8. The summed E-state index contributed by atoms with van der Waals surface area (Å²) in [5.74, 6) is -0.530. The summed E-state index contributed by atoms with van der Waals surface area (Å²) in [5.41, 5.74) is -0.233.